The Hall–Kier alpha value is -1.22. The Balaban J connectivity index is 0.927. The van der Waals surface area contributed by atoms with Crippen LogP contribution in [-0.4, -0.2) is 86.0 Å². The smallest absolute Gasteiger partial charge is 0.230 e. The van der Waals surface area contributed by atoms with Gasteiger partial charge in [-0.1, -0.05) is 27.7 Å². The third-order valence-corrected chi connectivity index (χ3v) is 14.7. The number of ether oxygens (including phenoxy) is 2. The molecule has 4 aliphatic carbocycles. The van der Waals surface area contributed by atoms with E-state index in [1.165, 1.54) is 44.9 Å². The Bertz CT molecular complexity index is 1090. The Morgan fingerprint density at radius 3 is 2.39 bits per heavy atom. The predicted molar refractivity (Wildman–Crippen MR) is 170 cm³/mol. The van der Waals surface area contributed by atoms with E-state index in [0.717, 1.165) is 69.8 Å². The molecule has 0 aromatic rings. The lowest BCUT2D eigenvalue weighted by Crippen LogP contribution is -2.56. The summed E-state index contributed by atoms with van der Waals surface area (Å²) in [5.74, 6) is 4.15. The molecular formula is C36H60N4O4. The molecule has 2 N–H and O–H groups in total. The molecule has 44 heavy (non-hydrogen) atoms. The van der Waals surface area contributed by atoms with E-state index in [4.69, 9.17) is 9.47 Å². The quantitative estimate of drug-likeness (QED) is 0.441. The summed E-state index contributed by atoms with van der Waals surface area (Å²) in [5, 5.41) is 6.24. The molecule has 4 saturated carbocycles. The maximum Gasteiger partial charge on any atom is 0.230 e. The van der Waals surface area contributed by atoms with Crippen molar-refractivity contribution < 1.29 is 19.1 Å². The molecular weight excluding hydrogens is 552 g/mol. The third-order valence-electron chi connectivity index (χ3n) is 14.7. The normalized spacial score (nSPS) is 49.1. The monoisotopic (exact) mass is 612 g/mol. The first-order valence-electron chi connectivity index (χ1n) is 18.3. The van der Waals surface area contributed by atoms with E-state index in [1.54, 1.807) is 0 Å². The SMILES string of the molecule is C[C@@H]1CC[C@@]2(OC1)O[C@H]1C[C@H]3[C@@H]4CC[C@@H]5C[C@@H](NC(=O)CC(=O)NCN6CCN(C)CC6)CC[C@]5(C)[C@H]4CC[C@]3(C)[C@H]1[C@@H]2C. The van der Waals surface area contributed by atoms with E-state index < -0.39 is 0 Å². The van der Waals surface area contributed by atoms with Crippen molar-refractivity contribution in [3.63, 3.8) is 0 Å². The van der Waals surface area contributed by atoms with Crippen molar-refractivity contribution in [3.8, 4) is 0 Å². The molecule has 3 aliphatic heterocycles. The highest BCUT2D eigenvalue weighted by atomic mass is 16.7. The van der Waals surface area contributed by atoms with Crippen molar-refractivity contribution in [2.24, 2.45) is 52.3 Å². The maximum absolute atomic E-state index is 12.9. The number of carbonyl (C=O) groups is 2. The summed E-state index contributed by atoms with van der Waals surface area (Å²) in [6.07, 6.45) is 12.4. The molecule has 8 nitrogen and oxygen atoms in total. The molecule has 3 saturated heterocycles. The largest absolute Gasteiger partial charge is 0.353 e. The zero-order valence-electron chi connectivity index (χ0n) is 28.2. The van der Waals surface area contributed by atoms with Gasteiger partial charge in [-0.15, -0.1) is 0 Å². The molecule has 12 atom stereocenters. The van der Waals surface area contributed by atoms with Crippen LogP contribution in [0.1, 0.15) is 98.3 Å². The van der Waals surface area contributed by atoms with E-state index in [2.05, 4.69) is 55.2 Å². The minimum atomic E-state index is -0.329. The van der Waals surface area contributed by atoms with Gasteiger partial charge < -0.3 is 25.0 Å². The molecule has 7 aliphatic rings. The van der Waals surface area contributed by atoms with Gasteiger partial charge in [0.25, 0.3) is 0 Å². The van der Waals surface area contributed by atoms with Crippen molar-refractivity contribution in [1.82, 2.24) is 20.4 Å². The number of nitrogens with zero attached hydrogens (tertiary/aromatic N) is 2. The van der Waals surface area contributed by atoms with Crippen LogP contribution in [0.15, 0.2) is 0 Å². The van der Waals surface area contributed by atoms with Crippen LogP contribution in [-0.2, 0) is 19.1 Å². The fraction of sp³-hybridized carbons (Fsp3) is 0.944. The van der Waals surface area contributed by atoms with Gasteiger partial charge in [-0.2, -0.15) is 0 Å². The zero-order valence-corrected chi connectivity index (χ0v) is 28.2. The Morgan fingerprint density at radius 1 is 0.864 bits per heavy atom. The number of amides is 2. The van der Waals surface area contributed by atoms with Crippen molar-refractivity contribution in [1.29, 1.82) is 0 Å². The van der Waals surface area contributed by atoms with Crippen LogP contribution in [0.5, 0.6) is 0 Å². The van der Waals surface area contributed by atoms with Crippen LogP contribution in [0, 0.1) is 52.3 Å². The van der Waals surface area contributed by atoms with Gasteiger partial charge in [-0.25, -0.2) is 0 Å². The van der Waals surface area contributed by atoms with Crippen molar-refractivity contribution in [2.75, 3.05) is 46.5 Å². The van der Waals surface area contributed by atoms with E-state index in [-0.39, 0.29) is 30.1 Å². The van der Waals surface area contributed by atoms with Crippen molar-refractivity contribution in [2.45, 2.75) is 116 Å². The molecule has 3 heterocycles. The predicted octanol–water partition coefficient (Wildman–Crippen LogP) is 4.63. The fourth-order valence-corrected chi connectivity index (χ4v) is 12.1. The molecule has 7 fully saturated rings. The Morgan fingerprint density at radius 2 is 1.64 bits per heavy atom. The highest BCUT2D eigenvalue weighted by molar-refractivity contribution is 5.96. The van der Waals surface area contributed by atoms with Crippen LogP contribution in [0.4, 0.5) is 0 Å². The van der Waals surface area contributed by atoms with Gasteiger partial charge in [0.2, 0.25) is 11.8 Å². The standard InChI is InChI=1S/C36H60N4O4/c1-23-8-13-36(43-21-23)24(2)33-30(44-36)19-29-27-7-6-25-18-26(9-11-34(25,3)28(27)10-12-35(29,33)4)38-32(42)20-31(41)37-22-40-16-14-39(5)15-17-40/h23-30,33H,6-22H2,1-5H3,(H,37,41)(H,38,42)/t23-,24+,25-,26+,27-,28+,29+,30+,33+,34+,35+,36-/m1/s1. The molecule has 0 unspecified atom stereocenters. The first-order chi connectivity index (χ1) is 21.0. The van der Waals surface area contributed by atoms with E-state index in [0.29, 0.717) is 47.3 Å². The minimum absolute atomic E-state index is 0.0642. The lowest BCUT2D eigenvalue weighted by Gasteiger charge is -2.61. The zero-order chi connectivity index (χ0) is 30.9. The third kappa shape index (κ3) is 5.35. The first-order valence-corrected chi connectivity index (χ1v) is 18.3. The highest BCUT2D eigenvalue weighted by Crippen LogP contribution is 2.71. The van der Waals surface area contributed by atoms with Gasteiger partial charge in [0.05, 0.1) is 19.4 Å². The Labute approximate surface area is 266 Å². The summed E-state index contributed by atoms with van der Waals surface area (Å²) in [4.78, 5) is 30.0. The minimum Gasteiger partial charge on any atom is -0.353 e. The van der Waals surface area contributed by atoms with Gasteiger partial charge in [0, 0.05) is 44.6 Å². The van der Waals surface area contributed by atoms with Crippen LogP contribution < -0.4 is 10.6 Å². The summed E-state index contributed by atoms with van der Waals surface area (Å²) in [5.41, 5.74) is 0.722. The lowest BCUT2D eigenvalue weighted by molar-refractivity contribution is -0.273. The van der Waals surface area contributed by atoms with Crippen molar-refractivity contribution in [3.05, 3.63) is 0 Å². The molecule has 1 spiro atoms. The first kappa shape index (κ1) is 31.4. The molecule has 0 aromatic heterocycles. The van der Waals surface area contributed by atoms with E-state index in [1.807, 2.05) is 0 Å². The van der Waals surface area contributed by atoms with E-state index in [9.17, 15) is 9.59 Å². The molecule has 0 aromatic carbocycles. The number of nitrogens with one attached hydrogen (secondary N) is 2. The average molecular weight is 613 g/mol. The van der Waals surface area contributed by atoms with Gasteiger partial charge in [-0.3, -0.25) is 14.5 Å². The summed E-state index contributed by atoms with van der Waals surface area (Å²) in [6, 6.07) is 0.200. The number of hydrogen-bond acceptors (Lipinski definition) is 6. The number of fused-ring (bicyclic) bond motifs is 7. The summed E-state index contributed by atoms with van der Waals surface area (Å²) >= 11 is 0. The summed E-state index contributed by atoms with van der Waals surface area (Å²) in [6.45, 7) is 15.3. The van der Waals surface area contributed by atoms with Crippen LogP contribution in [0.25, 0.3) is 0 Å². The highest BCUT2D eigenvalue weighted by Gasteiger charge is 2.69. The average Bonchev–Trinajstić information content (AvgIpc) is 3.44. The fourth-order valence-electron chi connectivity index (χ4n) is 12.1. The van der Waals surface area contributed by atoms with Gasteiger partial charge in [-0.05, 0) is 111 Å². The molecule has 7 rings (SSSR count). The molecule has 0 bridgehead atoms. The molecule has 2 amide bonds. The second kappa shape index (κ2) is 11.8. The molecule has 0 radical (unpaired) electrons. The number of rotatable bonds is 5. The Kier molecular flexibility index (Phi) is 8.41. The van der Waals surface area contributed by atoms with Crippen LogP contribution in [0.3, 0.4) is 0 Å². The maximum atomic E-state index is 12.9. The second-order valence-corrected chi connectivity index (χ2v) is 17.1. The van der Waals surface area contributed by atoms with Gasteiger partial charge in [0.1, 0.15) is 6.42 Å². The molecule has 248 valence electrons. The van der Waals surface area contributed by atoms with Crippen LogP contribution >= 0.6 is 0 Å². The molecule has 8 heteroatoms. The lowest BCUT2D eigenvalue weighted by atomic mass is 9.44. The van der Waals surface area contributed by atoms with Gasteiger partial charge >= 0.3 is 0 Å². The number of hydrogen-bond donors (Lipinski definition) is 2. The number of likely N-dealkylation sites (N-methyl/N-ethyl adjacent to an activating group) is 1. The summed E-state index contributed by atoms with van der Waals surface area (Å²) in [7, 11) is 2.13. The van der Waals surface area contributed by atoms with Crippen molar-refractivity contribution >= 4 is 11.8 Å². The van der Waals surface area contributed by atoms with E-state index >= 15 is 0 Å². The number of piperazine rings is 1. The number of carbonyl (C=O) groups excluding carboxylic acids is 2. The second-order valence-electron chi connectivity index (χ2n) is 17.1. The van der Waals surface area contributed by atoms with Crippen LogP contribution in [0.2, 0.25) is 0 Å². The van der Waals surface area contributed by atoms with Gasteiger partial charge in [0.15, 0.2) is 5.79 Å². The topological polar surface area (TPSA) is 83.1 Å². The summed E-state index contributed by atoms with van der Waals surface area (Å²) < 4.78 is 13.5.